The molecule has 0 spiro atoms. The van der Waals surface area contributed by atoms with E-state index in [9.17, 15) is 23.9 Å². The molecule has 3 aliphatic heterocycles. The smallest absolute Gasteiger partial charge is 0.330 e. The molecule has 6 rings (SSSR count). The van der Waals surface area contributed by atoms with Crippen molar-refractivity contribution >= 4 is 43.3 Å². The van der Waals surface area contributed by atoms with Gasteiger partial charge < -0.3 is 38.6 Å². The lowest BCUT2D eigenvalue weighted by Gasteiger charge is -2.32. The Balaban J connectivity index is 1.28. The van der Waals surface area contributed by atoms with Crippen LogP contribution in [0.1, 0.15) is 12.5 Å². The summed E-state index contributed by atoms with van der Waals surface area (Å²) in [6, 6.07) is 0.923. The van der Waals surface area contributed by atoms with Gasteiger partial charge in [-0.05, 0) is 11.8 Å². The molecule has 18 nitrogen and oxygen atoms in total. The maximum atomic E-state index is 15.8. The second-order valence-electron chi connectivity index (χ2n) is 9.27. The van der Waals surface area contributed by atoms with E-state index in [0.717, 1.165) is 29.5 Å². The van der Waals surface area contributed by atoms with Crippen LogP contribution in [0, 0.1) is 0 Å². The van der Waals surface area contributed by atoms with E-state index >= 15 is 8.78 Å². The van der Waals surface area contributed by atoms with E-state index in [-0.39, 0.29) is 17.0 Å². The third kappa shape index (κ3) is 5.46. The molecule has 4 N–H and O–H groups in total. The Kier molecular flexibility index (Phi) is 7.64. The molecule has 6 heterocycles. The number of hydrogen-bond donors (Lipinski definition) is 3. The van der Waals surface area contributed by atoms with Crippen LogP contribution < -0.4 is 21.9 Å². The number of ether oxygens (including phenoxy) is 2. The summed E-state index contributed by atoms with van der Waals surface area (Å²) in [7, 11) is -5.36. The predicted octanol–water partition coefficient (Wildman–Crippen LogP) is -1.07. The maximum Gasteiger partial charge on any atom is 0.330 e. The molecule has 3 aromatic rings. The van der Waals surface area contributed by atoms with Gasteiger partial charge in [0.1, 0.15) is 36.3 Å². The number of fused-ring (bicyclic) bond motifs is 3. The van der Waals surface area contributed by atoms with E-state index in [1.807, 2.05) is 4.98 Å². The van der Waals surface area contributed by atoms with Crippen LogP contribution in [0.3, 0.4) is 0 Å². The number of nitrogen functional groups attached to an aromatic ring is 1. The van der Waals surface area contributed by atoms with Gasteiger partial charge in [0, 0.05) is 12.3 Å². The predicted molar refractivity (Wildman–Crippen MR) is 134 cm³/mol. The van der Waals surface area contributed by atoms with Gasteiger partial charge in [-0.2, -0.15) is 0 Å². The molecule has 3 saturated heterocycles. The summed E-state index contributed by atoms with van der Waals surface area (Å²) < 4.78 is 77.6. The van der Waals surface area contributed by atoms with Crippen LogP contribution >= 0.6 is 14.5 Å². The number of H-pyrrole nitrogens is 1. The van der Waals surface area contributed by atoms with Gasteiger partial charge in [-0.15, -0.1) is 0 Å². The number of aromatic amines is 1. The van der Waals surface area contributed by atoms with E-state index in [2.05, 4.69) is 15.0 Å². The van der Waals surface area contributed by atoms with Crippen molar-refractivity contribution in [1.82, 2.24) is 29.1 Å². The van der Waals surface area contributed by atoms with E-state index in [0.29, 0.717) is 4.57 Å². The number of phosphoric acid groups is 1. The zero-order chi connectivity index (χ0) is 30.0. The van der Waals surface area contributed by atoms with Crippen molar-refractivity contribution in [2.75, 3.05) is 18.9 Å². The summed E-state index contributed by atoms with van der Waals surface area (Å²) in [5.41, 5.74) is 4.17. The highest BCUT2D eigenvalue weighted by Crippen LogP contribution is 2.53. The fourth-order valence-electron chi connectivity index (χ4n) is 4.74. The Labute approximate surface area is 237 Å². The largest absolute Gasteiger partial charge is 0.756 e. The molecule has 228 valence electrons. The zero-order valence-corrected chi connectivity index (χ0v) is 23.3. The third-order valence-corrected chi connectivity index (χ3v) is 9.15. The number of imidazole rings is 1. The van der Waals surface area contributed by atoms with Crippen molar-refractivity contribution in [2.45, 2.75) is 49.2 Å². The number of aromatic nitrogens is 6. The topological polar surface area (TPSA) is 240 Å². The molecule has 3 aliphatic rings. The first-order chi connectivity index (χ1) is 19.8. The average molecular weight is 654 g/mol. The second-order valence-corrected chi connectivity index (χ2v) is 13.4. The molecule has 3 aromatic heterocycles. The Morgan fingerprint density at radius 3 is 2.38 bits per heavy atom. The molecule has 10 atom stereocenters. The first-order valence-corrected chi connectivity index (χ1v) is 16.0. The van der Waals surface area contributed by atoms with Gasteiger partial charge in [-0.1, -0.05) is 0 Å². The minimum absolute atomic E-state index is 0.000379. The van der Waals surface area contributed by atoms with Crippen LogP contribution in [0.15, 0.2) is 34.5 Å². The zero-order valence-electron chi connectivity index (χ0n) is 20.7. The molecule has 23 heteroatoms. The molecular formula is C19H20F2N7O11P2S-. The maximum absolute atomic E-state index is 15.8. The summed E-state index contributed by atoms with van der Waals surface area (Å²) in [6.07, 6.45) is -11.3. The van der Waals surface area contributed by atoms with Crippen molar-refractivity contribution in [2.24, 2.45) is 0 Å². The highest BCUT2D eigenvalue weighted by atomic mass is 32.5. The molecule has 0 aliphatic carbocycles. The molecule has 0 amide bonds. The van der Waals surface area contributed by atoms with Gasteiger partial charge in [0.2, 0.25) is 0 Å². The molecule has 0 saturated carbocycles. The standard InChI is InChI=1S/C19H21F2N7O11P2S/c20-10-13-8(37-18(10)28-6-25-12-15(22)23-5-24-16(12)28)4-35-41(33,42)39-14-7(3-34-40(31,32)38-13)36-17(11(14)21)27-2-1-9(29)26-19(27)30/h1-2,5-8,10-11,13-14,17-18H,3-4H2,(H,31,32)(H,33,42)(H2,22,23,24)(H,26,29,30)/p-1/t7-,8-,10+,11+,13?,14?,17-,18-,41?/m1/s1. The molecule has 4 unspecified atom stereocenters. The Morgan fingerprint density at radius 1 is 1.05 bits per heavy atom. The number of phosphoric ester groups is 1. The summed E-state index contributed by atoms with van der Waals surface area (Å²) >= 11 is 5.01. The highest BCUT2D eigenvalue weighted by Gasteiger charge is 2.53. The number of halogens is 2. The van der Waals surface area contributed by atoms with Gasteiger partial charge >= 0.3 is 12.4 Å². The first kappa shape index (κ1) is 29.5. The van der Waals surface area contributed by atoms with Crippen LogP contribution in [-0.2, 0) is 43.9 Å². The number of alkyl halides is 2. The highest BCUT2D eigenvalue weighted by molar-refractivity contribution is 8.07. The second kappa shape index (κ2) is 10.9. The lowest BCUT2D eigenvalue weighted by molar-refractivity contribution is -0.235. The molecule has 0 aromatic carbocycles. The summed E-state index contributed by atoms with van der Waals surface area (Å²) in [6.45, 7) is -6.09. The van der Waals surface area contributed by atoms with Crippen molar-refractivity contribution in [3.63, 3.8) is 0 Å². The lowest BCUT2D eigenvalue weighted by atomic mass is 10.1. The number of nitrogens with two attached hydrogens (primary N) is 1. The van der Waals surface area contributed by atoms with Crippen molar-refractivity contribution in [1.29, 1.82) is 0 Å². The fraction of sp³-hybridized carbons (Fsp3) is 0.526. The van der Waals surface area contributed by atoms with Gasteiger partial charge in [0.15, 0.2) is 36.3 Å². The van der Waals surface area contributed by atoms with E-state index < -0.39 is 88.2 Å². The minimum Gasteiger partial charge on any atom is -0.756 e. The van der Waals surface area contributed by atoms with Crippen molar-refractivity contribution < 1.29 is 50.7 Å². The van der Waals surface area contributed by atoms with Crippen LogP contribution in [-0.4, -0.2) is 83.9 Å². The van der Waals surface area contributed by atoms with E-state index in [4.69, 9.17) is 45.1 Å². The third-order valence-electron chi connectivity index (χ3n) is 6.62. The number of hydrogen-bond acceptors (Lipinski definition) is 15. The summed E-state index contributed by atoms with van der Waals surface area (Å²) in [5.74, 6) is 0.000379. The number of nitrogens with zero attached hydrogens (tertiary/aromatic N) is 5. The van der Waals surface area contributed by atoms with Crippen LogP contribution in [0.5, 0.6) is 0 Å². The first-order valence-electron chi connectivity index (χ1n) is 12.0. The molecule has 42 heavy (non-hydrogen) atoms. The quantitative estimate of drug-likeness (QED) is 0.279. The van der Waals surface area contributed by atoms with Crippen molar-refractivity contribution in [3.05, 3.63) is 45.8 Å². The van der Waals surface area contributed by atoms with Crippen LogP contribution in [0.2, 0.25) is 0 Å². The fourth-order valence-corrected chi connectivity index (χ4v) is 7.11. The monoisotopic (exact) mass is 654 g/mol. The number of rotatable bonds is 2. The SMILES string of the molecule is Nc1ncnc2c1ncn2[C@@H]1O[C@@H]2COP(O)(=S)OC3[C@@H](COP(=O)([O-])OC2[C@@H]1F)O[C@@H](n1ccc(=O)[nH]c1=O)[C@H]3F. The van der Waals surface area contributed by atoms with E-state index in [1.165, 1.54) is 0 Å². The normalized spacial score (nSPS) is 39.3. The number of anilines is 1. The number of nitrogens with one attached hydrogen (secondary N) is 1. The lowest BCUT2D eigenvalue weighted by Crippen LogP contribution is -2.38. The Hall–Kier alpha value is -2.55. The molecule has 0 bridgehead atoms. The van der Waals surface area contributed by atoms with Gasteiger partial charge in [-0.25, -0.2) is 28.5 Å². The minimum atomic E-state index is -5.36. The van der Waals surface area contributed by atoms with Gasteiger partial charge in [0.05, 0.1) is 19.5 Å². The Morgan fingerprint density at radius 2 is 1.69 bits per heavy atom. The molecular weight excluding hydrogens is 634 g/mol. The van der Waals surface area contributed by atoms with Gasteiger partial charge in [0.25, 0.3) is 13.4 Å². The van der Waals surface area contributed by atoms with Gasteiger partial charge in [-0.3, -0.25) is 28.0 Å². The Bertz CT molecular complexity index is 1730. The summed E-state index contributed by atoms with van der Waals surface area (Å²) in [5, 5.41) is 0. The van der Waals surface area contributed by atoms with Crippen molar-refractivity contribution in [3.8, 4) is 0 Å². The van der Waals surface area contributed by atoms with Crippen LogP contribution in [0.25, 0.3) is 11.2 Å². The molecule has 0 radical (unpaired) electrons. The summed E-state index contributed by atoms with van der Waals surface area (Å²) in [4.78, 5) is 60.9. The van der Waals surface area contributed by atoms with E-state index in [1.54, 1.807) is 0 Å². The average Bonchev–Trinajstić information content (AvgIpc) is 3.57. The molecule has 3 fully saturated rings. The van der Waals surface area contributed by atoms with Crippen LogP contribution in [0.4, 0.5) is 14.6 Å².